The topological polar surface area (TPSA) is 64.6 Å². The zero-order valence-corrected chi connectivity index (χ0v) is 16.4. The fraction of sp³-hybridized carbons (Fsp3) is 0.474. The van der Waals surface area contributed by atoms with Crippen molar-refractivity contribution in [2.75, 3.05) is 6.54 Å². The van der Waals surface area contributed by atoms with Crippen molar-refractivity contribution < 1.29 is 32.1 Å². The van der Waals surface area contributed by atoms with E-state index in [1.165, 1.54) is 19.1 Å². The Morgan fingerprint density at radius 3 is 2.00 bits per heavy atom. The molecule has 5 nitrogen and oxygen atoms in total. The summed E-state index contributed by atoms with van der Waals surface area (Å²) in [7, 11) is -0.728. The SMILES string of the molecule is CC(=O)NCC(=Cc1ccc(C(=O)C(F)(F)F)cc1)B1OC(C)(C)C(C)(C)O1. The van der Waals surface area contributed by atoms with Crippen molar-refractivity contribution in [1.29, 1.82) is 0 Å². The third-order valence-electron chi connectivity index (χ3n) is 4.88. The number of benzene rings is 1. The summed E-state index contributed by atoms with van der Waals surface area (Å²) in [5.74, 6) is -2.14. The minimum absolute atomic E-state index is 0.148. The standard InChI is InChI=1S/C19H23BF3NO4/c1-12(25)24-11-15(20-27-17(2,3)18(4,5)28-20)10-13-6-8-14(9-7-13)16(26)19(21,22)23/h6-10H,11H2,1-5H3,(H,24,25). The van der Waals surface area contributed by atoms with Crippen molar-refractivity contribution >= 4 is 24.9 Å². The number of carbonyl (C=O) groups is 2. The van der Waals surface area contributed by atoms with Gasteiger partial charge < -0.3 is 14.6 Å². The molecule has 1 amide bonds. The maximum absolute atomic E-state index is 12.5. The van der Waals surface area contributed by atoms with Gasteiger partial charge in [-0.1, -0.05) is 30.3 Å². The van der Waals surface area contributed by atoms with Crippen LogP contribution in [0.5, 0.6) is 0 Å². The molecule has 9 heteroatoms. The first-order valence-corrected chi connectivity index (χ1v) is 8.75. The molecule has 28 heavy (non-hydrogen) atoms. The fourth-order valence-corrected chi connectivity index (χ4v) is 2.53. The van der Waals surface area contributed by atoms with Crippen molar-refractivity contribution in [1.82, 2.24) is 5.32 Å². The van der Waals surface area contributed by atoms with Gasteiger partial charge in [0.05, 0.1) is 11.2 Å². The number of Topliss-reactive ketones (excluding diaryl/α,β-unsaturated/α-hetero) is 1. The Labute approximate surface area is 162 Å². The number of alkyl halides is 3. The van der Waals surface area contributed by atoms with E-state index < -0.39 is 35.8 Å². The number of amides is 1. The maximum Gasteiger partial charge on any atom is 0.492 e. The highest BCUT2D eigenvalue weighted by Crippen LogP contribution is 2.38. The van der Waals surface area contributed by atoms with E-state index in [0.717, 1.165) is 12.1 Å². The van der Waals surface area contributed by atoms with Gasteiger partial charge in [-0.3, -0.25) is 9.59 Å². The van der Waals surface area contributed by atoms with Gasteiger partial charge in [0.15, 0.2) is 0 Å². The lowest BCUT2D eigenvalue weighted by Gasteiger charge is -2.32. The fourth-order valence-electron chi connectivity index (χ4n) is 2.53. The Kier molecular flexibility index (Phi) is 6.11. The van der Waals surface area contributed by atoms with E-state index in [2.05, 4.69) is 5.32 Å². The third-order valence-corrected chi connectivity index (χ3v) is 4.88. The van der Waals surface area contributed by atoms with Crippen LogP contribution in [0.25, 0.3) is 6.08 Å². The van der Waals surface area contributed by atoms with Gasteiger partial charge in [0.25, 0.3) is 5.78 Å². The molecule has 0 aromatic heterocycles. The lowest BCUT2D eigenvalue weighted by atomic mass is 9.77. The van der Waals surface area contributed by atoms with Gasteiger partial charge in [0.2, 0.25) is 5.91 Å². The van der Waals surface area contributed by atoms with Crippen LogP contribution in [0.2, 0.25) is 0 Å². The molecule has 1 saturated heterocycles. The van der Waals surface area contributed by atoms with E-state index in [0.29, 0.717) is 11.0 Å². The molecule has 0 saturated carbocycles. The Hall–Kier alpha value is -2.13. The number of carbonyl (C=O) groups excluding carboxylic acids is 2. The minimum Gasteiger partial charge on any atom is -0.400 e. The highest BCUT2D eigenvalue weighted by Gasteiger charge is 2.52. The maximum atomic E-state index is 12.5. The summed E-state index contributed by atoms with van der Waals surface area (Å²) in [6.45, 7) is 9.08. The predicted octanol–water partition coefficient (Wildman–Crippen LogP) is 3.58. The Morgan fingerprint density at radius 2 is 1.57 bits per heavy atom. The molecular formula is C19H23BF3NO4. The van der Waals surface area contributed by atoms with Gasteiger partial charge >= 0.3 is 13.3 Å². The molecule has 1 aliphatic heterocycles. The van der Waals surface area contributed by atoms with Crippen LogP contribution in [0, 0.1) is 0 Å². The largest absolute Gasteiger partial charge is 0.492 e. The molecular weight excluding hydrogens is 374 g/mol. The lowest BCUT2D eigenvalue weighted by molar-refractivity contribution is -0.118. The Bertz CT molecular complexity index is 769. The lowest BCUT2D eigenvalue weighted by Crippen LogP contribution is -2.41. The van der Waals surface area contributed by atoms with Gasteiger partial charge in [-0.25, -0.2) is 0 Å². The average molecular weight is 397 g/mol. The molecule has 0 bridgehead atoms. The molecule has 0 unspecified atom stereocenters. The molecule has 152 valence electrons. The van der Waals surface area contributed by atoms with Gasteiger partial charge in [0, 0.05) is 19.0 Å². The van der Waals surface area contributed by atoms with Crippen molar-refractivity contribution in [3.05, 3.63) is 40.9 Å². The second kappa shape index (κ2) is 7.71. The Balaban J connectivity index is 2.30. The quantitative estimate of drug-likeness (QED) is 0.610. The molecule has 1 heterocycles. The molecule has 1 aliphatic rings. The van der Waals surface area contributed by atoms with Crippen LogP contribution in [-0.4, -0.2) is 42.7 Å². The van der Waals surface area contributed by atoms with Crippen LogP contribution >= 0.6 is 0 Å². The summed E-state index contributed by atoms with van der Waals surface area (Å²) < 4.78 is 49.6. The predicted molar refractivity (Wildman–Crippen MR) is 99.6 cm³/mol. The second-order valence-electron chi connectivity index (χ2n) is 7.67. The number of ketones is 1. The Morgan fingerprint density at radius 1 is 1.07 bits per heavy atom. The van der Waals surface area contributed by atoms with E-state index in [-0.39, 0.29) is 12.5 Å². The monoisotopic (exact) mass is 397 g/mol. The number of rotatable bonds is 5. The molecule has 0 spiro atoms. The summed E-state index contributed by atoms with van der Waals surface area (Å²) in [4.78, 5) is 22.6. The summed E-state index contributed by atoms with van der Waals surface area (Å²) >= 11 is 0. The van der Waals surface area contributed by atoms with Crippen molar-refractivity contribution in [2.45, 2.75) is 52.0 Å². The van der Waals surface area contributed by atoms with Gasteiger partial charge in [0.1, 0.15) is 0 Å². The van der Waals surface area contributed by atoms with E-state index in [1.54, 1.807) is 6.08 Å². The van der Waals surface area contributed by atoms with Crippen LogP contribution < -0.4 is 5.32 Å². The van der Waals surface area contributed by atoms with Crippen LogP contribution in [0.4, 0.5) is 13.2 Å². The van der Waals surface area contributed by atoms with Gasteiger partial charge in [-0.15, -0.1) is 0 Å². The molecule has 2 rings (SSSR count). The molecule has 0 atom stereocenters. The average Bonchev–Trinajstić information content (AvgIpc) is 2.78. The summed E-state index contributed by atoms with van der Waals surface area (Å²) in [6.07, 6.45) is -3.25. The smallest absolute Gasteiger partial charge is 0.400 e. The highest BCUT2D eigenvalue weighted by molar-refractivity contribution is 6.56. The molecule has 1 aromatic rings. The second-order valence-corrected chi connectivity index (χ2v) is 7.67. The molecule has 0 radical (unpaired) electrons. The molecule has 1 N–H and O–H groups in total. The van der Waals surface area contributed by atoms with Crippen LogP contribution in [0.15, 0.2) is 29.7 Å². The number of nitrogens with one attached hydrogen (secondary N) is 1. The first-order valence-electron chi connectivity index (χ1n) is 8.75. The van der Waals surface area contributed by atoms with Crippen LogP contribution in [-0.2, 0) is 14.1 Å². The summed E-state index contributed by atoms with van der Waals surface area (Å²) in [5.41, 5.74) is -0.465. The van der Waals surface area contributed by atoms with Crippen molar-refractivity contribution in [2.24, 2.45) is 0 Å². The van der Waals surface area contributed by atoms with E-state index in [4.69, 9.17) is 9.31 Å². The first kappa shape index (κ1) is 22.2. The number of halogens is 3. The van der Waals surface area contributed by atoms with Gasteiger partial charge in [-0.05, 0) is 38.7 Å². The number of hydrogen-bond acceptors (Lipinski definition) is 4. The summed E-state index contributed by atoms with van der Waals surface area (Å²) in [6, 6.07) is 5.03. The van der Waals surface area contributed by atoms with E-state index in [1.807, 2.05) is 27.7 Å². The van der Waals surface area contributed by atoms with E-state index >= 15 is 0 Å². The van der Waals surface area contributed by atoms with Crippen molar-refractivity contribution in [3.8, 4) is 0 Å². The normalized spacial score (nSPS) is 18.9. The minimum atomic E-state index is -4.92. The molecule has 0 aliphatic carbocycles. The molecule has 1 aromatic carbocycles. The number of hydrogen-bond donors (Lipinski definition) is 1. The van der Waals surface area contributed by atoms with Gasteiger partial charge in [-0.2, -0.15) is 13.2 Å². The first-order chi connectivity index (χ1) is 12.7. The van der Waals surface area contributed by atoms with Crippen molar-refractivity contribution in [3.63, 3.8) is 0 Å². The zero-order chi connectivity index (χ0) is 21.3. The van der Waals surface area contributed by atoms with Crippen LogP contribution in [0.1, 0.15) is 50.5 Å². The van der Waals surface area contributed by atoms with Crippen LogP contribution in [0.3, 0.4) is 0 Å². The summed E-state index contributed by atoms with van der Waals surface area (Å²) in [5, 5.41) is 2.68. The highest BCUT2D eigenvalue weighted by atomic mass is 19.4. The third kappa shape index (κ3) is 5.02. The van der Waals surface area contributed by atoms with E-state index in [9.17, 15) is 22.8 Å². The molecule has 1 fully saturated rings. The zero-order valence-electron chi connectivity index (χ0n) is 16.4.